The number of alkyl halides is 3. The molecule has 0 spiro atoms. The molecule has 1 N–H and O–H groups in total. The third-order valence-electron chi connectivity index (χ3n) is 4.06. The van der Waals surface area contributed by atoms with Crippen LogP contribution in [0.3, 0.4) is 0 Å². The van der Waals surface area contributed by atoms with Crippen LogP contribution in [0.1, 0.15) is 27.0 Å². The van der Waals surface area contributed by atoms with Crippen molar-refractivity contribution >= 4 is 11.6 Å². The van der Waals surface area contributed by atoms with Gasteiger partial charge >= 0.3 is 6.18 Å². The van der Waals surface area contributed by atoms with Crippen molar-refractivity contribution in [2.45, 2.75) is 20.0 Å². The number of carbonyl (C=O) groups excluding carboxylic acids is 1. The number of nitrogens with one attached hydrogen (secondary N) is 1. The maximum atomic E-state index is 14.1. The molecular weight excluding hydrogens is 388 g/mol. The summed E-state index contributed by atoms with van der Waals surface area (Å²) in [5, 5.41) is 2.56. The number of halogens is 4. The van der Waals surface area contributed by atoms with Crippen molar-refractivity contribution in [2.24, 2.45) is 0 Å². The second-order valence-corrected chi connectivity index (χ2v) is 6.37. The van der Waals surface area contributed by atoms with E-state index < -0.39 is 29.3 Å². The zero-order valence-corrected chi connectivity index (χ0v) is 15.5. The molecule has 0 aliphatic rings. The number of benzene rings is 2. The number of hydrogen-bond donors (Lipinski definition) is 1. The number of hydrogen-bond acceptors (Lipinski definition) is 3. The predicted molar refractivity (Wildman–Crippen MR) is 99.6 cm³/mol. The van der Waals surface area contributed by atoms with Crippen LogP contribution >= 0.6 is 0 Å². The molecule has 1 amide bonds. The number of rotatable bonds is 4. The smallest absolute Gasteiger partial charge is 0.421 e. The normalized spacial score (nSPS) is 11.2. The number of ether oxygens (including phenoxy) is 1. The van der Waals surface area contributed by atoms with Gasteiger partial charge in [0.2, 0.25) is 5.88 Å². The minimum absolute atomic E-state index is 0.0702. The van der Waals surface area contributed by atoms with Gasteiger partial charge in [0.15, 0.2) is 0 Å². The molecule has 0 atom stereocenters. The van der Waals surface area contributed by atoms with Gasteiger partial charge in [0.25, 0.3) is 5.91 Å². The van der Waals surface area contributed by atoms with Crippen LogP contribution in [0.15, 0.2) is 54.7 Å². The summed E-state index contributed by atoms with van der Waals surface area (Å²) in [5.41, 5.74) is 0.460. The van der Waals surface area contributed by atoms with Crippen molar-refractivity contribution in [2.75, 3.05) is 5.32 Å². The highest BCUT2D eigenvalue weighted by Gasteiger charge is 2.35. The van der Waals surface area contributed by atoms with Crippen molar-refractivity contribution in [3.05, 3.63) is 82.8 Å². The van der Waals surface area contributed by atoms with Crippen molar-refractivity contribution in [3.63, 3.8) is 0 Å². The van der Waals surface area contributed by atoms with E-state index >= 15 is 0 Å². The Balaban J connectivity index is 1.76. The minimum atomic E-state index is -4.60. The third-order valence-corrected chi connectivity index (χ3v) is 4.06. The van der Waals surface area contributed by atoms with E-state index in [0.717, 1.165) is 6.07 Å². The van der Waals surface area contributed by atoms with Crippen molar-refractivity contribution < 1.29 is 27.1 Å². The lowest BCUT2D eigenvalue weighted by Gasteiger charge is -2.13. The largest absolute Gasteiger partial charge is 0.438 e. The number of anilines is 1. The first kappa shape index (κ1) is 20.3. The summed E-state index contributed by atoms with van der Waals surface area (Å²) in [7, 11) is 0. The molecule has 29 heavy (non-hydrogen) atoms. The molecule has 0 aliphatic heterocycles. The van der Waals surface area contributed by atoms with Gasteiger partial charge in [0, 0.05) is 11.9 Å². The van der Waals surface area contributed by atoms with Crippen LogP contribution in [0.4, 0.5) is 23.2 Å². The van der Waals surface area contributed by atoms with Crippen LogP contribution < -0.4 is 10.1 Å². The molecule has 0 saturated carbocycles. The van der Waals surface area contributed by atoms with Gasteiger partial charge in [0.05, 0.1) is 5.56 Å². The molecule has 0 radical (unpaired) electrons. The molecule has 0 fully saturated rings. The van der Waals surface area contributed by atoms with Gasteiger partial charge in [-0.2, -0.15) is 13.2 Å². The topological polar surface area (TPSA) is 51.2 Å². The average Bonchev–Trinajstić information content (AvgIpc) is 2.62. The Labute approximate surface area is 164 Å². The van der Waals surface area contributed by atoms with E-state index in [4.69, 9.17) is 4.74 Å². The highest BCUT2D eigenvalue weighted by molar-refractivity contribution is 6.05. The number of nitrogens with zero attached hydrogens (tertiary/aromatic N) is 1. The van der Waals surface area contributed by atoms with Crippen LogP contribution in [-0.4, -0.2) is 10.9 Å². The van der Waals surface area contributed by atoms with E-state index in [1.807, 2.05) is 0 Å². The van der Waals surface area contributed by atoms with E-state index in [9.17, 15) is 22.4 Å². The summed E-state index contributed by atoms with van der Waals surface area (Å²) in [5.74, 6) is -1.73. The standard InChI is InChI=1S/C21H16F4N2O2/c1-12-10-13(2)18(17(22)11-12)19(28)27-14-5-7-15(8-6-14)29-20-16(21(23,24)25)4-3-9-26-20/h3-11H,1-2H3,(H,27,28). The first-order chi connectivity index (χ1) is 13.6. The minimum Gasteiger partial charge on any atom is -0.438 e. The summed E-state index contributed by atoms with van der Waals surface area (Å²) in [4.78, 5) is 16.0. The van der Waals surface area contributed by atoms with Gasteiger partial charge in [-0.3, -0.25) is 4.79 Å². The Hall–Kier alpha value is -3.42. The highest BCUT2D eigenvalue weighted by Crippen LogP contribution is 2.36. The second kappa shape index (κ2) is 7.90. The van der Waals surface area contributed by atoms with Crippen molar-refractivity contribution in [1.82, 2.24) is 4.98 Å². The lowest BCUT2D eigenvalue weighted by molar-refractivity contribution is -0.138. The van der Waals surface area contributed by atoms with Crippen LogP contribution in [0.2, 0.25) is 0 Å². The van der Waals surface area contributed by atoms with Gasteiger partial charge in [-0.25, -0.2) is 9.37 Å². The lowest BCUT2D eigenvalue weighted by atomic mass is 10.0. The van der Waals surface area contributed by atoms with Crippen LogP contribution in [0, 0.1) is 19.7 Å². The number of amides is 1. The van der Waals surface area contributed by atoms with Crippen LogP contribution in [0.25, 0.3) is 0 Å². The number of aryl methyl sites for hydroxylation is 2. The molecule has 0 bridgehead atoms. The summed E-state index contributed by atoms with van der Waals surface area (Å²) < 4.78 is 58.4. The quantitative estimate of drug-likeness (QED) is 0.551. The fraction of sp³-hybridized carbons (Fsp3) is 0.143. The molecule has 1 aromatic heterocycles. The van der Waals surface area contributed by atoms with E-state index in [1.165, 1.54) is 42.6 Å². The van der Waals surface area contributed by atoms with Crippen molar-refractivity contribution in [1.29, 1.82) is 0 Å². The van der Waals surface area contributed by atoms with Crippen LogP contribution in [0.5, 0.6) is 11.6 Å². The fourth-order valence-electron chi connectivity index (χ4n) is 2.80. The predicted octanol–water partition coefficient (Wildman–Crippen LogP) is 5.90. The number of pyridine rings is 1. The number of aromatic nitrogens is 1. The van der Waals surface area contributed by atoms with Gasteiger partial charge in [-0.15, -0.1) is 0 Å². The zero-order chi connectivity index (χ0) is 21.2. The maximum absolute atomic E-state index is 14.1. The monoisotopic (exact) mass is 404 g/mol. The van der Waals surface area contributed by atoms with Crippen LogP contribution in [-0.2, 0) is 6.18 Å². The Morgan fingerprint density at radius 2 is 1.76 bits per heavy atom. The molecule has 0 saturated heterocycles. The molecule has 0 unspecified atom stereocenters. The summed E-state index contributed by atoms with van der Waals surface area (Å²) in [6, 6.07) is 10.6. The first-order valence-corrected chi connectivity index (χ1v) is 8.53. The first-order valence-electron chi connectivity index (χ1n) is 8.53. The highest BCUT2D eigenvalue weighted by atomic mass is 19.4. The van der Waals surface area contributed by atoms with Gasteiger partial charge < -0.3 is 10.1 Å². The molecule has 4 nitrogen and oxygen atoms in total. The molecule has 3 rings (SSSR count). The third kappa shape index (κ3) is 4.71. The second-order valence-electron chi connectivity index (χ2n) is 6.37. The summed E-state index contributed by atoms with van der Waals surface area (Å²) in [6.07, 6.45) is -3.41. The SMILES string of the molecule is Cc1cc(C)c(C(=O)Nc2ccc(Oc3ncccc3C(F)(F)F)cc2)c(F)c1. The molecule has 8 heteroatoms. The van der Waals surface area contributed by atoms with E-state index in [-0.39, 0.29) is 11.3 Å². The lowest BCUT2D eigenvalue weighted by Crippen LogP contribution is -2.15. The molecule has 2 aromatic carbocycles. The van der Waals surface area contributed by atoms with E-state index in [0.29, 0.717) is 16.8 Å². The Bertz CT molecular complexity index is 1020. The Morgan fingerprint density at radius 3 is 2.38 bits per heavy atom. The summed E-state index contributed by atoms with van der Waals surface area (Å²) in [6.45, 7) is 3.36. The Kier molecular flexibility index (Phi) is 5.54. The molecular formula is C21H16F4N2O2. The summed E-state index contributed by atoms with van der Waals surface area (Å²) >= 11 is 0. The molecule has 0 aliphatic carbocycles. The molecule has 1 heterocycles. The van der Waals surface area contributed by atoms with Gasteiger partial charge in [0.1, 0.15) is 17.1 Å². The Morgan fingerprint density at radius 1 is 1.07 bits per heavy atom. The van der Waals surface area contributed by atoms with E-state index in [1.54, 1.807) is 19.9 Å². The zero-order valence-electron chi connectivity index (χ0n) is 15.5. The molecule has 150 valence electrons. The van der Waals surface area contributed by atoms with Gasteiger partial charge in [-0.05, 0) is 67.4 Å². The maximum Gasteiger partial charge on any atom is 0.421 e. The molecule has 3 aromatic rings. The number of carbonyl (C=O) groups is 1. The fourth-order valence-corrected chi connectivity index (χ4v) is 2.80. The average molecular weight is 404 g/mol. The van der Waals surface area contributed by atoms with Crippen molar-refractivity contribution in [3.8, 4) is 11.6 Å². The van der Waals surface area contributed by atoms with Gasteiger partial charge in [-0.1, -0.05) is 6.07 Å². The van der Waals surface area contributed by atoms with E-state index in [2.05, 4.69) is 10.3 Å².